The molecule has 27 heavy (non-hydrogen) atoms. The number of nitrogens with zero attached hydrogens (tertiary/aromatic N) is 2. The molecule has 0 aromatic heterocycles. The average Bonchev–Trinajstić information content (AvgIpc) is 3.18. The van der Waals surface area contributed by atoms with Crippen LogP contribution in [0.1, 0.15) is 44.1 Å². The third-order valence-electron chi connectivity index (χ3n) is 5.23. The molecule has 0 atom stereocenters. The Morgan fingerprint density at radius 1 is 1.30 bits per heavy atom. The van der Waals surface area contributed by atoms with Gasteiger partial charge in [-0.25, -0.2) is 0 Å². The van der Waals surface area contributed by atoms with Crippen LogP contribution < -0.4 is 11.1 Å². The molecule has 1 aromatic carbocycles. The molecule has 1 fully saturated rings. The van der Waals surface area contributed by atoms with E-state index < -0.39 is 10.0 Å². The first kappa shape index (κ1) is 21.7. The van der Waals surface area contributed by atoms with Crippen molar-refractivity contribution in [3.05, 3.63) is 29.8 Å². The van der Waals surface area contributed by atoms with Gasteiger partial charge >= 0.3 is 0 Å². The Kier molecular flexibility index (Phi) is 6.88. The first-order valence-electron chi connectivity index (χ1n) is 9.03. The van der Waals surface area contributed by atoms with E-state index in [1.54, 1.807) is 36.2 Å². The SMILES string of the molecule is CN(CCCC(=O)NC1(CN)CCCC1)C1=NS(=O)(=O)c2ccccc21.Cl. The highest BCUT2D eigenvalue weighted by atomic mass is 35.5. The molecular formula is C18H27ClN4O3S. The van der Waals surface area contributed by atoms with E-state index in [4.69, 9.17) is 5.73 Å². The van der Waals surface area contributed by atoms with E-state index in [9.17, 15) is 13.2 Å². The fraction of sp³-hybridized carbons (Fsp3) is 0.556. The number of carbonyl (C=O) groups excluding carboxylic acids is 1. The predicted molar refractivity (Wildman–Crippen MR) is 108 cm³/mol. The lowest BCUT2D eigenvalue weighted by molar-refractivity contribution is -0.123. The summed E-state index contributed by atoms with van der Waals surface area (Å²) in [5.41, 5.74) is 6.24. The van der Waals surface area contributed by atoms with Crippen molar-refractivity contribution in [1.82, 2.24) is 10.2 Å². The number of hydrogen-bond acceptors (Lipinski definition) is 5. The van der Waals surface area contributed by atoms with Crippen LogP contribution in [-0.2, 0) is 14.8 Å². The zero-order valence-electron chi connectivity index (χ0n) is 15.5. The van der Waals surface area contributed by atoms with Gasteiger partial charge in [-0.2, -0.15) is 8.42 Å². The number of amidine groups is 1. The lowest BCUT2D eigenvalue weighted by atomic mass is 9.97. The monoisotopic (exact) mass is 414 g/mol. The third-order valence-corrected chi connectivity index (χ3v) is 6.55. The van der Waals surface area contributed by atoms with Gasteiger partial charge in [-0.3, -0.25) is 4.79 Å². The summed E-state index contributed by atoms with van der Waals surface area (Å²) in [5, 5.41) is 3.11. The molecule has 3 N–H and O–H groups in total. The summed E-state index contributed by atoms with van der Waals surface area (Å²) < 4.78 is 28.1. The maximum atomic E-state index is 12.3. The van der Waals surface area contributed by atoms with Crippen molar-refractivity contribution in [2.45, 2.75) is 49.0 Å². The molecule has 150 valence electrons. The largest absolute Gasteiger partial charge is 0.358 e. The molecule has 0 bridgehead atoms. The Morgan fingerprint density at radius 2 is 1.96 bits per heavy atom. The number of sulfonamides is 1. The van der Waals surface area contributed by atoms with E-state index in [1.807, 2.05) is 0 Å². The highest BCUT2D eigenvalue weighted by molar-refractivity contribution is 7.90. The van der Waals surface area contributed by atoms with Crippen LogP contribution in [0.2, 0.25) is 0 Å². The summed E-state index contributed by atoms with van der Waals surface area (Å²) in [7, 11) is -1.82. The Bertz CT molecular complexity index is 820. The van der Waals surface area contributed by atoms with Crippen LogP contribution in [0.15, 0.2) is 33.6 Å². The van der Waals surface area contributed by atoms with Crippen molar-refractivity contribution in [2.24, 2.45) is 10.1 Å². The van der Waals surface area contributed by atoms with Gasteiger partial charge < -0.3 is 16.0 Å². The van der Waals surface area contributed by atoms with E-state index in [2.05, 4.69) is 9.71 Å². The Balaban J connectivity index is 0.00000261. The van der Waals surface area contributed by atoms with Gasteiger partial charge in [-0.15, -0.1) is 16.8 Å². The standard InChI is InChI=1S/C18H26N4O3S.ClH/c1-22(17-14-7-2-3-8-15(14)26(24,25)21-17)12-6-9-16(23)20-18(13-19)10-4-5-11-18;/h2-3,7-8H,4-6,9-13,19H2,1H3,(H,20,23);1H. The summed E-state index contributed by atoms with van der Waals surface area (Å²) in [6, 6.07) is 6.81. The van der Waals surface area contributed by atoms with E-state index in [0.717, 1.165) is 25.7 Å². The molecule has 0 unspecified atom stereocenters. The van der Waals surface area contributed by atoms with Crippen LogP contribution >= 0.6 is 12.4 Å². The molecular weight excluding hydrogens is 388 g/mol. The van der Waals surface area contributed by atoms with E-state index in [-0.39, 0.29) is 28.7 Å². The number of carbonyl (C=O) groups is 1. The van der Waals surface area contributed by atoms with Crippen LogP contribution in [-0.4, -0.2) is 50.7 Å². The van der Waals surface area contributed by atoms with Gasteiger partial charge in [0.2, 0.25) is 5.91 Å². The smallest absolute Gasteiger partial charge is 0.285 e. The minimum Gasteiger partial charge on any atom is -0.358 e. The molecule has 1 amide bonds. The van der Waals surface area contributed by atoms with Crippen molar-refractivity contribution < 1.29 is 13.2 Å². The Morgan fingerprint density at radius 3 is 2.63 bits per heavy atom. The molecule has 1 saturated carbocycles. The summed E-state index contributed by atoms with van der Waals surface area (Å²) in [6.45, 7) is 1.02. The van der Waals surface area contributed by atoms with Gasteiger partial charge in [0, 0.05) is 32.1 Å². The van der Waals surface area contributed by atoms with Crippen molar-refractivity contribution in [3.63, 3.8) is 0 Å². The number of benzene rings is 1. The van der Waals surface area contributed by atoms with E-state index >= 15 is 0 Å². The number of halogens is 1. The summed E-state index contributed by atoms with van der Waals surface area (Å²) in [4.78, 5) is 14.3. The highest BCUT2D eigenvalue weighted by Crippen LogP contribution is 2.29. The first-order valence-corrected chi connectivity index (χ1v) is 10.5. The molecule has 0 radical (unpaired) electrons. The zero-order valence-corrected chi connectivity index (χ0v) is 17.1. The third kappa shape index (κ3) is 4.62. The lowest BCUT2D eigenvalue weighted by Crippen LogP contribution is -2.51. The van der Waals surface area contributed by atoms with Gasteiger partial charge in [-0.05, 0) is 31.4 Å². The van der Waals surface area contributed by atoms with Crippen LogP contribution in [0.25, 0.3) is 0 Å². The molecule has 1 aliphatic carbocycles. The maximum Gasteiger partial charge on any atom is 0.285 e. The van der Waals surface area contributed by atoms with Gasteiger partial charge in [0.1, 0.15) is 10.7 Å². The fourth-order valence-corrected chi connectivity index (χ4v) is 4.99. The Labute approximate surface area is 166 Å². The number of nitrogens with one attached hydrogen (secondary N) is 1. The number of fused-ring (bicyclic) bond motifs is 1. The average molecular weight is 415 g/mol. The van der Waals surface area contributed by atoms with Crippen molar-refractivity contribution in [1.29, 1.82) is 0 Å². The number of amides is 1. The van der Waals surface area contributed by atoms with Gasteiger partial charge in [0.15, 0.2) is 0 Å². The number of rotatable bonds is 6. The van der Waals surface area contributed by atoms with Crippen LogP contribution in [0.5, 0.6) is 0 Å². The predicted octanol–water partition coefficient (Wildman–Crippen LogP) is 1.66. The van der Waals surface area contributed by atoms with E-state index in [1.165, 1.54) is 0 Å². The molecule has 9 heteroatoms. The normalized spacial score (nSPS) is 19.0. The molecule has 0 spiro atoms. The number of hydrogen-bond donors (Lipinski definition) is 2. The molecule has 0 saturated heterocycles. The Hall–Kier alpha value is -1.64. The van der Waals surface area contributed by atoms with Gasteiger partial charge in [0.05, 0.1) is 5.54 Å². The second kappa shape index (κ2) is 8.58. The molecule has 7 nitrogen and oxygen atoms in total. The van der Waals surface area contributed by atoms with Crippen molar-refractivity contribution in [3.8, 4) is 0 Å². The molecule has 1 heterocycles. The zero-order chi connectivity index (χ0) is 18.8. The fourth-order valence-electron chi connectivity index (χ4n) is 3.74. The maximum absolute atomic E-state index is 12.3. The summed E-state index contributed by atoms with van der Waals surface area (Å²) in [5.74, 6) is 0.447. The highest BCUT2D eigenvalue weighted by Gasteiger charge is 2.34. The van der Waals surface area contributed by atoms with Crippen LogP contribution in [0, 0.1) is 0 Å². The topological polar surface area (TPSA) is 105 Å². The van der Waals surface area contributed by atoms with E-state index in [0.29, 0.717) is 37.3 Å². The molecule has 1 aromatic rings. The minimum atomic E-state index is -3.62. The minimum absolute atomic E-state index is 0. The van der Waals surface area contributed by atoms with Gasteiger partial charge in [-0.1, -0.05) is 25.0 Å². The quantitative estimate of drug-likeness (QED) is 0.736. The molecule has 3 rings (SSSR count). The van der Waals surface area contributed by atoms with Crippen LogP contribution in [0.3, 0.4) is 0 Å². The summed E-state index contributed by atoms with van der Waals surface area (Å²) in [6.07, 6.45) is 5.10. The second-order valence-electron chi connectivity index (χ2n) is 7.15. The van der Waals surface area contributed by atoms with Crippen molar-refractivity contribution >= 4 is 34.2 Å². The summed E-state index contributed by atoms with van der Waals surface area (Å²) >= 11 is 0. The molecule has 1 aliphatic heterocycles. The number of nitrogens with two attached hydrogens (primary N) is 1. The molecule has 2 aliphatic rings. The lowest BCUT2D eigenvalue weighted by Gasteiger charge is -2.29. The van der Waals surface area contributed by atoms with Gasteiger partial charge in [0.25, 0.3) is 10.0 Å². The van der Waals surface area contributed by atoms with Crippen LogP contribution in [0.4, 0.5) is 0 Å². The first-order chi connectivity index (χ1) is 12.4. The second-order valence-corrected chi connectivity index (χ2v) is 8.72. The van der Waals surface area contributed by atoms with Crippen molar-refractivity contribution in [2.75, 3.05) is 20.1 Å².